The highest BCUT2D eigenvalue weighted by atomic mass is 16.3. The number of aliphatic hydroxyl groups is 1. The van der Waals surface area contributed by atoms with Gasteiger partial charge in [-0.25, -0.2) is 0 Å². The second-order valence-electron chi connectivity index (χ2n) is 4.70. The number of nitrogens with one attached hydrogen (secondary N) is 2. The minimum Gasteiger partial charge on any atom is -0.393 e. The van der Waals surface area contributed by atoms with Crippen molar-refractivity contribution in [3.8, 4) is 0 Å². The predicted octanol–water partition coefficient (Wildman–Crippen LogP) is 0.631. The van der Waals surface area contributed by atoms with E-state index >= 15 is 0 Å². The van der Waals surface area contributed by atoms with E-state index in [1.807, 2.05) is 0 Å². The van der Waals surface area contributed by atoms with Crippen molar-refractivity contribution in [2.24, 2.45) is 0 Å². The van der Waals surface area contributed by atoms with E-state index in [1.54, 1.807) is 0 Å². The lowest BCUT2D eigenvalue weighted by Gasteiger charge is -2.32. The van der Waals surface area contributed by atoms with Gasteiger partial charge in [-0.1, -0.05) is 0 Å². The fraction of sp³-hybridized carbons (Fsp3) is 1.00. The van der Waals surface area contributed by atoms with Crippen LogP contribution in [0.4, 0.5) is 0 Å². The molecule has 0 unspecified atom stereocenters. The molecule has 2 aliphatic rings. The van der Waals surface area contributed by atoms with E-state index in [0.717, 1.165) is 44.8 Å². The molecule has 0 atom stereocenters. The Bertz CT molecular complexity index is 161. The summed E-state index contributed by atoms with van der Waals surface area (Å²) in [6.45, 7) is 2.32. The van der Waals surface area contributed by atoms with Gasteiger partial charge in [0.1, 0.15) is 0 Å². The smallest absolute Gasteiger partial charge is 0.0541 e. The van der Waals surface area contributed by atoms with Gasteiger partial charge in [-0.2, -0.15) is 0 Å². The highest BCUT2D eigenvalue weighted by Crippen LogP contribution is 2.19. The quantitative estimate of drug-likeness (QED) is 0.610. The molecule has 1 aliphatic carbocycles. The van der Waals surface area contributed by atoms with Gasteiger partial charge < -0.3 is 15.7 Å². The molecule has 1 saturated carbocycles. The number of hydrogen-bond acceptors (Lipinski definition) is 3. The van der Waals surface area contributed by atoms with E-state index in [-0.39, 0.29) is 6.10 Å². The molecule has 14 heavy (non-hydrogen) atoms. The molecule has 3 N–H and O–H groups in total. The first-order valence-electron chi connectivity index (χ1n) is 5.99. The zero-order chi connectivity index (χ0) is 9.80. The Morgan fingerprint density at radius 2 is 1.43 bits per heavy atom. The molecule has 3 nitrogen and oxygen atoms in total. The first-order chi connectivity index (χ1) is 6.84. The molecule has 0 aromatic carbocycles. The highest BCUT2D eigenvalue weighted by Gasteiger charge is 2.22. The monoisotopic (exact) mass is 198 g/mol. The van der Waals surface area contributed by atoms with Crippen LogP contribution in [-0.4, -0.2) is 36.4 Å². The lowest BCUT2D eigenvalue weighted by atomic mass is 9.92. The van der Waals surface area contributed by atoms with Gasteiger partial charge in [0.25, 0.3) is 0 Å². The number of hydrogen-bond donors (Lipinski definition) is 3. The fourth-order valence-electron chi connectivity index (χ4n) is 2.56. The average molecular weight is 198 g/mol. The summed E-state index contributed by atoms with van der Waals surface area (Å²) in [7, 11) is 0. The maximum atomic E-state index is 9.40. The van der Waals surface area contributed by atoms with E-state index in [2.05, 4.69) is 10.6 Å². The second kappa shape index (κ2) is 5.10. The summed E-state index contributed by atoms with van der Waals surface area (Å²) in [6.07, 6.45) is 6.79. The Balaban J connectivity index is 1.68. The molecule has 0 aromatic rings. The summed E-state index contributed by atoms with van der Waals surface area (Å²) in [5, 5.41) is 16.5. The molecule has 3 heteroatoms. The normalized spacial score (nSPS) is 35.8. The summed E-state index contributed by atoms with van der Waals surface area (Å²) in [5.41, 5.74) is 0. The van der Waals surface area contributed by atoms with Gasteiger partial charge in [0, 0.05) is 12.1 Å². The highest BCUT2D eigenvalue weighted by molar-refractivity contribution is 4.82. The van der Waals surface area contributed by atoms with Crippen LogP contribution in [-0.2, 0) is 0 Å². The van der Waals surface area contributed by atoms with Crippen LogP contribution in [0.1, 0.15) is 38.5 Å². The van der Waals surface area contributed by atoms with Crippen LogP contribution in [0.15, 0.2) is 0 Å². The first kappa shape index (κ1) is 10.4. The van der Waals surface area contributed by atoms with E-state index < -0.39 is 0 Å². The van der Waals surface area contributed by atoms with Crippen molar-refractivity contribution in [3.63, 3.8) is 0 Å². The molecular weight excluding hydrogens is 176 g/mol. The predicted molar refractivity (Wildman–Crippen MR) is 57.3 cm³/mol. The Morgan fingerprint density at radius 1 is 0.857 bits per heavy atom. The number of piperidine rings is 1. The van der Waals surface area contributed by atoms with Crippen molar-refractivity contribution in [1.29, 1.82) is 0 Å². The van der Waals surface area contributed by atoms with Gasteiger partial charge in [0.2, 0.25) is 0 Å². The van der Waals surface area contributed by atoms with Crippen molar-refractivity contribution >= 4 is 0 Å². The van der Waals surface area contributed by atoms with Crippen molar-refractivity contribution in [2.45, 2.75) is 56.7 Å². The van der Waals surface area contributed by atoms with Gasteiger partial charge >= 0.3 is 0 Å². The molecular formula is C11H22N2O. The molecule has 0 spiro atoms. The van der Waals surface area contributed by atoms with Crippen molar-refractivity contribution in [3.05, 3.63) is 0 Å². The van der Waals surface area contributed by atoms with Crippen LogP contribution in [0.25, 0.3) is 0 Å². The number of aliphatic hydroxyl groups excluding tert-OH is 1. The Morgan fingerprint density at radius 3 is 2.07 bits per heavy atom. The summed E-state index contributed by atoms with van der Waals surface area (Å²) < 4.78 is 0. The first-order valence-corrected chi connectivity index (χ1v) is 5.99. The zero-order valence-corrected chi connectivity index (χ0v) is 8.84. The minimum absolute atomic E-state index is 0.0268. The summed E-state index contributed by atoms with van der Waals surface area (Å²) in [5.74, 6) is 0. The average Bonchev–Trinajstić information content (AvgIpc) is 2.23. The summed E-state index contributed by atoms with van der Waals surface area (Å²) in [6, 6.07) is 1.39. The van der Waals surface area contributed by atoms with E-state index in [1.165, 1.54) is 12.8 Å². The topological polar surface area (TPSA) is 44.3 Å². The third-order valence-corrected chi connectivity index (χ3v) is 3.51. The van der Waals surface area contributed by atoms with Crippen LogP contribution in [0.5, 0.6) is 0 Å². The van der Waals surface area contributed by atoms with Crippen LogP contribution in [0.3, 0.4) is 0 Å². The molecule has 82 valence electrons. The molecule has 0 bridgehead atoms. The Labute approximate surface area is 86.3 Å². The van der Waals surface area contributed by atoms with Gasteiger partial charge in [-0.05, 0) is 51.6 Å². The third-order valence-electron chi connectivity index (χ3n) is 3.51. The number of rotatable bonds is 2. The fourth-order valence-corrected chi connectivity index (χ4v) is 2.56. The largest absolute Gasteiger partial charge is 0.393 e. The Hall–Kier alpha value is -0.120. The second-order valence-corrected chi connectivity index (χ2v) is 4.70. The molecule has 0 aromatic heterocycles. The van der Waals surface area contributed by atoms with E-state index in [0.29, 0.717) is 6.04 Å². The van der Waals surface area contributed by atoms with Crippen molar-refractivity contribution in [2.75, 3.05) is 13.1 Å². The van der Waals surface area contributed by atoms with Crippen LogP contribution < -0.4 is 10.6 Å². The van der Waals surface area contributed by atoms with Crippen LogP contribution in [0, 0.1) is 0 Å². The SMILES string of the molecule is OC1CCC(NC2CCNCC2)CC1. The molecule has 1 saturated heterocycles. The van der Waals surface area contributed by atoms with E-state index in [9.17, 15) is 5.11 Å². The molecule has 2 fully saturated rings. The van der Waals surface area contributed by atoms with Crippen molar-refractivity contribution in [1.82, 2.24) is 10.6 Å². The van der Waals surface area contributed by atoms with Gasteiger partial charge in [0.05, 0.1) is 6.10 Å². The van der Waals surface area contributed by atoms with Crippen LogP contribution in [0.2, 0.25) is 0 Å². The molecule has 2 rings (SSSR count). The standard InChI is InChI=1S/C11H22N2O/c14-11-3-1-9(2-4-11)13-10-5-7-12-8-6-10/h9-14H,1-8H2. The molecule has 1 heterocycles. The zero-order valence-electron chi connectivity index (χ0n) is 8.84. The summed E-state index contributed by atoms with van der Waals surface area (Å²) in [4.78, 5) is 0. The van der Waals surface area contributed by atoms with Gasteiger partial charge in [-0.15, -0.1) is 0 Å². The maximum absolute atomic E-state index is 9.40. The lowest BCUT2D eigenvalue weighted by Crippen LogP contribution is -2.46. The molecule has 0 amide bonds. The third kappa shape index (κ3) is 2.94. The van der Waals surface area contributed by atoms with E-state index in [4.69, 9.17) is 0 Å². The minimum atomic E-state index is -0.0268. The Kier molecular flexibility index (Phi) is 3.79. The summed E-state index contributed by atoms with van der Waals surface area (Å²) >= 11 is 0. The van der Waals surface area contributed by atoms with Crippen LogP contribution >= 0.6 is 0 Å². The van der Waals surface area contributed by atoms with Gasteiger partial charge in [0.15, 0.2) is 0 Å². The van der Waals surface area contributed by atoms with Gasteiger partial charge in [-0.3, -0.25) is 0 Å². The molecule has 1 aliphatic heterocycles. The lowest BCUT2D eigenvalue weighted by molar-refractivity contribution is 0.112. The van der Waals surface area contributed by atoms with Crippen molar-refractivity contribution < 1.29 is 5.11 Å². The maximum Gasteiger partial charge on any atom is 0.0541 e. The molecule has 0 radical (unpaired) electrons.